The molecule has 12 nitrogen and oxygen atoms in total. The molecule has 6 aromatic carbocycles. The Labute approximate surface area is 388 Å². The van der Waals surface area contributed by atoms with Gasteiger partial charge in [0.05, 0.1) is 46.2 Å². The van der Waals surface area contributed by atoms with E-state index < -0.39 is 5.41 Å². The minimum absolute atomic E-state index is 0.0221. The Balaban J connectivity index is 0.774. The van der Waals surface area contributed by atoms with Crippen molar-refractivity contribution in [2.75, 3.05) is 25.1 Å². The molecule has 0 saturated carbocycles. The Kier molecular flexibility index (Phi) is 11.6. The Morgan fingerprint density at radius 3 is 1.45 bits per heavy atom. The van der Waals surface area contributed by atoms with Gasteiger partial charge in [0, 0.05) is 18.5 Å². The number of methoxy groups -OCH3 is 1. The standard InChI is InChI=1S/C55H49N3O9/c1-32(31-57-50(60)43-24-21-39(65-6)28-45(43)52(57)62)10-7-8-27-56-49(59)42-25-22-40(29-46(42)51(56)61)66-37-17-13-35(14-18-37)55(4,5)36-15-19-38(20-16-36)67-41-23-26-44-47(30-41)54(64)58(53(44)63)48-33(2)11-9-12-34(48)3/h9,11-26,28-30,32H,7-8,10,27,31H2,1-6H3. The zero-order valence-corrected chi connectivity index (χ0v) is 38.2. The molecule has 6 amide bonds. The molecule has 0 radical (unpaired) electrons. The van der Waals surface area contributed by atoms with Crippen LogP contribution in [0, 0.1) is 19.8 Å². The maximum Gasteiger partial charge on any atom is 0.266 e. The number of aryl methyl sites for hydroxylation is 2. The summed E-state index contributed by atoms with van der Waals surface area (Å²) in [4.78, 5) is 83.3. The van der Waals surface area contributed by atoms with Crippen molar-refractivity contribution in [2.45, 2.75) is 59.3 Å². The van der Waals surface area contributed by atoms with Crippen molar-refractivity contribution in [3.05, 3.63) is 177 Å². The van der Waals surface area contributed by atoms with Crippen molar-refractivity contribution in [3.63, 3.8) is 0 Å². The van der Waals surface area contributed by atoms with Gasteiger partial charge in [-0.25, -0.2) is 4.90 Å². The highest BCUT2D eigenvalue weighted by molar-refractivity contribution is 6.35. The van der Waals surface area contributed by atoms with Crippen LogP contribution in [0.5, 0.6) is 28.7 Å². The summed E-state index contributed by atoms with van der Waals surface area (Å²) in [6, 6.07) is 35.9. The van der Waals surface area contributed by atoms with Crippen LogP contribution >= 0.6 is 0 Å². The van der Waals surface area contributed by atoms with Gasteiger partial charge in [0.2, 0.25) is 0 Å². The predicted octanol–water partition coefficient (Wildman–Crippen LogP) is 10.7. The number of hydrogen-bond donors (Lipinski definition) is 0. The fourth-order valence-corrected chi connectivity index (χ4v) is 9.23. The molecule has 12 heteroatoms. The summed E-state index contributed by atoms with van der Waals surface area (Å²) >= 11 is 0. The molecule has 0 bridgehead atoms. The van der Waals surface area contributed by atoms with Crippen LogP contribution in [0.1, 0.15) is 124 Å². The molecule has 1 atom stereocenters. The lowest BCUT2D eigenvalue weighted by Gasteiger charge is -2.26. The molecule has 67 heavy (non-hydrogen) atoms. The van der Waals surface area contributed by atoms with E-state index in [1.807, 2.05) is 87.5 Å². The molecule has 1 unspecified atom stereocenters. The van der Waals surface area contributed by atoms with Crippen LogP contribution in [-0.4, -0.2) is 65.4 Å². The van der Waals surface area contributed by atoms with E-state index in [-0.39, 0.29) is 54.5 Å². The fraction of sp³-hybridized carbons (Fsp3) is 0.236. The molecule has 338 valence electrons. The van der Waals surface area contributed by atoms with Crippen molar-refractivity contribution in [1.82, 2.24) is 9.80 Å². The van der Waals surface area contributed by atoms with Crippen LogP contribution in [0.25, 0.3) is 0 Å². The van der Waals surface area contributed by atoms with Gasteiger partial charge in [0.1, 0.15) is 28.7 Å². The molecular weight excluding hydrogens is 847 g/mol. The molecule has 3 aliphatic heterocycles. The van der Waals surface area contributed by atoms with Crippen molar-refractivity contribution in [2.24, 2.45) is 5.92 Å². The summed E-state index contributed by atoms with van der Waals surface area (Å²) in [5.74, 6) is 0.490. The number of imide groups is 3. The van der Waals surface area contributed by atoms with Crippen molar-refractivity contribution >= 4 is 41.1 Å². The van der Waals surface area contributed by atoms with E-state index in [0.29, 0.717) is 87.1 Å². The highest BCUT2D eigenvalue weighted by Gasteiger charge is 2.40. The van der Waals surface area contributed by atoms with Gasteiger partial charge >= 0.3 is 0 Å². The van der Waals surface area contributed by atoms with Crippen molar-refractivity contribution < 1.29 is 43.0 Å². The van der Waals surface area contributed by atoms with Gasteiger partial charge in [-0.15, -0.1) is 0 Å². The van der Waals surface area contributed by atoms with E-state index in [9.17, 15) is 28.8 Å². The molecule has 0 aliphatic carbocycles. The summed E-state index contributed by atoms with van der Waals surface area (Å²) in [5.41, 5.74) is 5.97. The molecule has 0 saturated heterocycles. The quantitative estimate of drug-likeness (QED) is 0.0728. The van der Waals surface area contributed by atoms with E-state index in [1.165, 1.54) is 21.8 Å². The minimum Gasteiger partial charge on any atom is -0.497 e. The molecule has 3 heterocycles. The number of rotatable bonds is 15. The van der Waals surface area contributed by atoms with E-state index in [1.54, 1.807) is 54.6 Å². The Bertz CT molecular complexity index is 3010. The molecule has 9 rings (SSSR count). The second kappa shape index (κ2) is 17.5. The molecule has 0 fully saturated rings. The van der Waals surface area contributed by atoms with Crippen LogP contribution in [0.15, 0.2) is 121 Å². The van der Waals surface area contributed by atoms with Gasteiger partial charge in [0.15, 0.2) is 0 Å². The van der Waals surface area contributed by atoms with Gasteiger partial charge in [-0.05, 0) is 134 Å². The predicted molar refractivity (Wildman–Crippen MR) is 252 cm³/mol. The first-order valence-electron chi connectivity index (χ1n) is 22.3. The van der Waals surface area contributed by atoms with Crippen LogP contribution < -0.4 is 19.1 Å². The summed E-state index contributed by atoms with van der Waals surface area (Å²) in [7, 11) is 1.51. The fourth-order valence-electron chi connectivity index (χ4n) is 9.23. The number of amides is 6. The minimum atomic E-state index is -0.399. The number of unbranched alkanes of at least 4 members (excludes halogenated alkanes) is 1. The van der Waals surface area contributed by atoms with Crippen LogP contribution in [0.2, 0.25) is 0 Å². The number of carbonyl (C=O) groups excluding carboxylic acids is 6. The van der Waals surface area contributed by atoms with Gasteiger partial charge in [-0.2, -0.15) is 0 Å². The Hall–Kier alpha value is -7.86. The number of anilines is 1. The normalized spacial score (nSPS) is 14.7. The van der Waals surface area contributed by atoms with Crippen molar-refractivity contribution in [3.8, 4) is 28.7 Å². The Morgan fingerprint density at radius 2 is 0.910 bits per heavy atom. The van der Waals surface area contributed by atoms with E-state index in [0.717, 1.165) is 22.3 Å². The van der Waals surface area contributed by atoms with E-state index >= 15 is 0 Å². The maximum atomic E-state index is 13.5. The molecule has 0 N–H and O–H groups in total. The van der Waals surface area contributed by atoms with Gasteiger partial charge in [-0.3, -0.25) is 38.6 Å². The second-order valence-electron chi connectivity index (χ2n) is 18.0. The topological polar surface area (TPSA) is 140 Å². The van der Waals surface area contributed by atoms with E-state index in [4.69, 9.17) is 14.2 Å². The Morgan fingerprint density at radius 1 is 0.493 bits per heavy atom. The van der Waals surface area contributed by atoms with E-state index in [2.05, 4.69) is 13.8 Å². The largest absolute Gasteiger partial charge is 0.497 e. The molecular formula is C55H49N3O9. The van der Waals surface area contributed by atoms with Crippen LogP contribution in [0.4, 0.5) is 5.69 Å². The monoisotopic (exact) mass is 895 g/mol. The average molecular weight is 896 g/mol. The number of fused-ring (bicyclic) bond motifs is 3. The molecule has 3 aliphatic rings. The highest BCUT2D eigenvalue weighted by atomic mass is 16.5. The third-order valence-electron chi connectivity index (χ3n) is 13.1. The number of para-hydroxylation sites is 1. The molecule has 6 aromatic rings. The smallest absolute Gasteiger partial charge is 0.266 e. The second-order valence-corrected chi connectivity index (χ2v) is 18.0. The number of benzene rings is 6. The van der Waals surface area contributed by atoms with Gasteiger partial charge in [-0.1, -0.05) is 69.7 Å². The average Bonchev–Trinajstić information content (AvgIpc) is 3.81. The number of carbonyl (C=O) groups is 6. The molecule has 0 aromatic heterocycles. The number of nitrogens with zero attached hydrogens (tertiary/aromatic N) is 3. The highest BCUT2D eigenvalue weighted by Crippen LogP contribution is 2.38. The first-order valence-corrected chi connectivity index (χ1v) is 22.3. The first kappa shape index (κ1) is 44.3. The van der Waals surface area contributed by atoms with Gasteiger partial charge in [0.25, 0.3) is 35.4 Å². The third-order valence-corrected chi connectivity index (χ3v) is 13.1. The lowest BCUT2D eigenvalue weighted by atomic mass is 9.78. The first-order chi connectivity index (χ1) is 32.1. The van der Waals surface area contributed by atoms with Gasteiger partial charge < -0.3 is 14.2 Å². The van der Waals surface area contributed by atoms with Crippen molar-refractivity contribution in [1.29, 1.82) is 0 Å². The lowest BCUT2D eigenvalue weighted by Crippen LogP contribution is -2.34. The summed E-state index contributed by atoms with van der Waals surface area (Å²) in [5, 5.41) is 0. The zero-order valence-electron chi connectivity index (χ0n) is 38.2. The zero-order chi connectivity index (χ0) is 47.3. The lowest BCUT2D eigenvalue weighted by molar-refractivity contribution is 0.0614. The maximum absolute atomic E-state index is 13.5. The summed E-state index contributed by atoms with van der Waals surface area (Å²) in [6.07, 6.45) is 1.98. The third kappa shape index (κ3) is 8.13. The number of hydrogen-bond acceptors (Lipinski definition) is 9. The summed E-state index contributed by atoms with van der Waals surface area (Å²) in [6.45, 7) is 10.5. The number of ether oxygens (including phenoxy) is 3. The summed E-state index contributed by atoms with van der Waals surface area (Å²) < 4.78 is 17.6. The SMILES string of the molecule is COc1ccc2c(c1)C(=O)N(CC(C)CCCCN1C(=O)c3ccc(Oc4ccc(C(C)(C)c5ccc(Oc6ccc7c(c6)C(=O)N(c6c(C)cccc6C)C7=O)cc5)cc4)cc3C1=O)C2=O. The van der Waals surface area contributed by atoms with Crippen LogP contribution in [0.3, 0.4) is 0 Å². The molecule has 0 spiro atoms. The van der Waals surface area contributed by atoms with Crippen LogP contribution in [-0.2, 0) is 5.41 Å².